The van der Waals surface area contributed by atoms with E-state index in [1.54, 1.807) is 0 Å². The first kappa shape index (κ1) is 63.3. The third-order valence-electron chi connectivity index (χ3n) is 25.4. The first-order valence-corrected chi connectivity index (χ1v) is 37.9. The third-order valence-corrected chi connectivity index (χ3v) is 25.4. The zero-order valence-corrected chi connectivity index (χ0v) is 60.6. The molecule has 0 N–H and O–H groups in total. The van der Waals surface area contributed by atoms with Gasteiger partial charge in [0.2, 0.25) is 0 Å². The molecule has 0 amide bonds. The summed E-state index contributed by atoms with van der Waals surface area (Å²) in [6.07, 6.45) is 32.4. The number of anilines is 6. The number of aryl methyl sites for hydroxylation is 1. The molecule has 18 rings (SSSR count). The van der Waals surface area contributed by atoms with Crippen LogP contribution in [0.1, 0.15) is 179 Å². The highest BCUT2D eigenvalue weighted by Gasteiger charge is 2.44. The van der Waals surface area contributed by atoms with Gasteiger partial charge in [0.15, 0.2) is 0 Å². The average molecular weight is 1320 g/mol. The number of fused-ring (bicyclic) bond motifs is 13. The van der Waals surface area contributed by atoms with Gasteiger partial charge in [-0.1, -0.05) is 243 Å². The van der Waals surface area contributed by atoms with Gasteiger partial charge in [0.05, 0.1) is 5.54 Å². The fraction of sp³-hybridized carbons (Fsp3) is 0.278. The Morgan fingerprint density at radius 3 is 1.63 bits per heavy atom. The Morgan fingerprint density at radius 2 is 0.980 bits per heavy atom. The van der Waals surface area contributed by atoms with Crippen LogP contribution >= 0.6 is 0 Å². The number of benzene rings is 10. The SMILES string of the molecule is CC=CC1=C(CC)N(c2ccc3c(c2)C(C)(C)c2cc(C=Cc4ccc5c(c4)C(C)(C)c4cc(N6CCCc7ccccc76)ccc4-5)ccc2-3)CC(c2cccc3c2CCCN3c2cccc3c(C=Cc4ccc5c(c4)C(C)(C)c4cc(N6CCCC7C=CC=CC76C)ccc4-5)cccc23)C1. The lowest BCUT2D eigenvalue weighted by Gasteiger charge is -2.50. The monoisotopic (exact) mass is 1310 g/mol. The summed E-state index contributed by atoms with van der Waals surface area (Å²) in [6.45, 7) is 25.6. The first-order chi connectivity index (χ1) is 49.1. The summed E-state index contributed by atoms with van der Waals surface area (Å²) in [5.41, 5.74) is 36.5. The Kier molecular flexibility index (Phi) is 15.1. The van der Waals surface area contributed by atoms with E-state index < -0.39 is 0 Å². The van der Waals surface area contributed by atoms with Gasteiger partial charge in [-0.3, -0.25) is 0 Å². The van der Waals surface area contributed by atoms with Crippen molar-refractivity contribution < 1.29 is 0 Å². The van der Waals surface area contributed by atoms with E-state index in [2.05, 4.69) is 331 Å². The van der Waals surface area contributed by atoms with E-state index in [4.69, 9.17) is 0 Å². The van der Waals surface area contributed by atoms with Gasteiger partial charge in [0, 0.05) is 99.5 Å². The lowest BCUT2D eigenvalue weighted by Crippen LogP contribution is -2.54. The number of para-hydroxylation sites is 1. The second-order valence-corrected chi connectivity index (χ2v) is 32.1. The minimum absolute atomic E-state index is 0.00400. The maximum atomic E-state index is 2.70. The summed E-state index contributed by atoms with van der Waals surface area (Å²) in [5.74, 6) is 0.867. The number of nitrogens with zero attached hydrogens (tertiary/aromatic N) is 4. The summed E-state index contributed by atoms with van der Waals surface area (Å²) >= 11 is 0. The number of piperidine rings is 1. The molecule has 0 aromatic heterocycles. The van der Waals surface area contributed by atoms with Crippen LogP contribution < -0.4 is 19.6 Å². The molecule has 3 atom stereocenters. The molecule has 101 heavy (non-hydrogen) atoms. The molecule has 3 unspecified atom stereocenters. The van der Waals surface area contributed by atoms with Crippen LogP contribution in [0.2, 0.25) is 0 Å². The summed E-state index contributed by atoms with van der Waals surface area (Å²) in [5, 5.41) is 2.58. The highest BCUT2D eigenvalue weighted by atomic mass is 15.2. The van der Waals surface area contributed by atoms with Crippen molar-refractivity contribution in [1.29, 1.82) is 0 Å². The molecule has 8 aliphatic rings. The van der Waals surface area contributed by atoms with Gasteiger partial charge in [-0.15, -0.1) is 0 Å². The van der Waals surface area contributed by atoms with E-state index >= 15 is 0 Å². The molecule has 4 aliphatic carbocycles. The normalized spacial score (nSPS) is 20.9. The predicted octanol–water partition coefficient (Wildman–Crippen LogP) is 24.6. The Labute approximate surface area is 600 Å². The fourth-order valence-electron chi connectivity index (χ4n) is 20.0. The molecule has 0 radical (unpaired) electrons. The topological polar surface area (TPSA) is 13.0 Å². The van der Waals surface area contributed by atoms with Gasteiger partial charge in [-0.05, 0) is 236 Å². The molecule has 1 saturated heterocycles. The van der Waals surface area contributed by atoms with Crippen molar-refractivity contribution in [3.63, 3.8) is 0 Å². The molecule has 502 valence electrons. The first-order valence-electron chi connectivity index (χ1n) is 37.9. The quantitative estimate of drug-likeness (QED) is 0.120. The Bertz CT molecular complexity index is 5260. The molecule has 1 fully saturated rings. The van der Waals surface area contributed by atoms with Crippen molar-refractivity contribution in [2.24, 2.45) is 5.92 Å². The molecule has 4 nitrogen and oxygen atoms in total. The van der Waals surface area contributed by atoms with Crippen LogP contribution in [0.3, 0.4) is 0 Å². The third kappa shape index (κ3) is 10.2. The minimum atomic E-state index is -0.179. The highest BCUT2D eigenvalue weighted by Crippen LogP contribution is 2.56. The standard InChI is InChI=1S/C97H94N4/c1-10-22-68-58-69(62-100(90(68)11-2)72-43-49-80-77-46-39-64(56-85(77)95(5,6)88(80)60-72)36-35-63-38-45-76-79-48-42-71(59-87(79)94(3,4)84(76)55-63)98-52-19-25-67-23-12-13-32-91(67)98)75-29-18-34-93-83(75)31-21-53-99(93)92-33-17-28-74-66(24-16-30-82(74)92)41-37-65-40-47-78-81-50-44-73(61-89(81)96(7,8)86(78)57-65)101-54-20-27-70-26-14-15-51-97(70,101)9/h10,12-18,22-24,26,28-30,32-51,55-57,59-61,69-70H,11,19-21,25,27,31,52-54,58,62H2,1-9H3. The average Bonchev–Trinajstić information content (AvgIpc) is 1.63. The number of hydrogen-bond acceptors (Lipinski definition) is 4. The summed E-state index contributed by atoms with van der Waals surface area (Å²) in [4.78, 5) is 10.6. The molecule has 4 aliphatic heterocycles. The van der Waals surface area contributed by atoms with Crippen LogP contribution in [-0.4, -0.2) is 31.7 Å². The molecule has 10 aromatic carbocycles. The van der Waals surface area contributed by atoms with Crippen molar-refractivity contribution in [3.05, 3.63) is 308 Å². The van der Waals surface area contributed by atoms with E-state index in [1.807, 2.05) is 0 Å². The molecule has 0 saturated carbocycles. The number of rotatable bonds is 11. The second kappa shape index (κ2) is 24.2. The summed E-state index contributed by atoms with van der Waals surface area (Å²) in [7, 11) is 0. The molecular formula is C97H94N4. The van der Waals surface area contributed by atoms with Crippen LogP contribution in [0.15, 0.2) is 236 Å². The van der Waals surface area contributed by atoms with Gasteiger partial charge >= 0.3 is 0 Å². The van der Waals surface area contributed by atoms with E-state index in [-0.39, 0.29) is 21.8 Å². The van der Waals surface area contributed by atoms with Gasteiger partial charge < -0.3 is 19.6 Å². The van der Waals surface area contributed by atoms with Crippen LogP contribution in [-0.2, 0) is 29.1 Å². The maximum Gasteiger partial charge on any atom is 0.0622 e. The van der Waals surface area contributed by atoms with E-state index in [1.165, 1.54) is 181 Å². The zero-order valence-electron chi connectivity index (χ0n) is 60.6. The molecule has 10 aromatic rings. The summed E-state index contributed by atoms with van der Waals surface area (Å²) in [6, 6.07) is 73.5. The predicted molar refractivity (Wildman–Crippen MR) is 431 cm³/mol. The number of allylic oxidation sites excluding steroid dienone is 6. The van der Waals surface area contributed by atoms with Gasteiger partial charge in [-0.2, -0.15) is 0 Å². The molecular weight excluding hydrogens is 1220 g/mol. The van der Waals surface area contributed by atoms with Crippen molar-refractivity contribution >= 4 is 69.2 Å². The second-order valence-electron chi connectivity index (χ2n) is 32.1. The smallest absolute Gasteiger partial charge is 0.0622 e. The van der Waals surface area contributed by atoms with Crippen molar-refractivity contribution in [3.8, 4) is 33.4 Å². The Hall–Kier alpha value is -9.90. The van der Waals surface area contributed by atoms with Crippen molar-refractivity contribution in [2.45, 2.75) is 141 Å². The maximum absolute atomic E-state index is 2.70. The van der Waals surface area contributed by atoms with Crippen molar-refractivity contribution in [2.75, 3.05) is 45.8 Å². The Morgan fingerprint density at radius 1 is 0.446 bits per heavy atom. The largest absolute Gasteiger partial charge is 0.362 e. The molecule has 0 bridgehead atoms. The van der Waals surface area contributed by atoms with E-state index in [0.29, 0.717) is 11.8 Å². The minimum Gasteiger partial charge on any atom is -0.362 e. The van der Waals surface area contributed by atoms with Gasteiger partial charge in [0.1, 0.15) is 0 Å². The lowest BCUT2D eigenvalue weighted by molar-refractivity contribution is 0.316. The van der Waals surface area contributed by atoms with Crippen LogP contribution in [0.4, 0.5) is 34.1 Å². The van der Waals surface area contributed by atoms with E-state index in [0.717, 1.165) is 58.3 Å². The van der Waals surface area contributed by atoms with Crippen LogP contribution in [0.25, 0.3) is 68.5 Å². The summed E-state index contributed by atoms with van der Waals surface area (Å²) < 4.78 is 0. The number of hydrogen-bond donors (Lipinski definition) is 0. The van der Waals surface area contributed by atoms with Gasteiger partial charge in [0.25, 0.3) is 0 Å². The van der Waals surface area contributed by atoms with E-state index in [9.17, 15) is 0 Å². The molecule has 4 heterocycles. The molecule has 4 heteroatoms. The molecule has 0 spiro atoms. The lowest BCUT2D eigenvalue weighted by atomic mass is 9.74. The van der Waals surface area contributed by atoms with Crippen LogP contribution in [0.5, 0.6) is 0 Å². The van der Waals surface area contributed by atoms with Crippen molar-refractivity contribution in [1.82, 2.24) is 0 Å². The highest BCUT2D eigenvalue weighted by molar-refractivity contribution is 6.02. The van der Waals surface area contributed by atoms with Gasteiger partial charge in [-0.25, -0.2) is 0 Å². The van der Waals surface area contributed by atoms with Crippen LogP contribution in [0, 0.1) is 5.92 Å². The Balaban J connectivity index is 0.592. The fourth-order valence-corrected chi connectivity index (χ4v) is 20.0. The zero-order chi connectivity index (χ0) is 68.7.